The Morgan fingerprint density at radius 3 is 2.72 bits per heavy atom. The van der Waals surface area contributed by atoms with E-state index < -0.39 is 17.7 Å². The zero-order chi connectivity index (χ0) is 13.0. The van der Waals surface area contributed by atoms with Gasteiger partial charge in [-0.05, 0) is 18.2 Å². The van der Waals surface area contributed by atoms with Crippen LogP contribution in [0.3, 0.4) is 0 Å². The Labute approximate surface area is 105 Å². The number of hydrazine groups is 1. The van der Waals surface area contributed by atoms with Crippen LogP contribution in [0.15, 0.2) is 18.2 Å². The van der Waals surface area contributed by atoms with Crippen LogP contribution in [0, 0.1) is 11.6 Å². The fourth-order valence-electron chi connectivity index (χ4n) is 1.94. The van der Waals surface area contributed by atoms with Gasteiger partial charge in [-0.15, -0.1) is 0 Å². The monoisotopic (exact) mass is 257 g/mol. The highest BCUT2D eigenvalue weighted by Gasteiger charge is 2.19. The maximum absolute atomic E-state index is 13.7. The van der Waals surface area contributed by atoms with Crippen LogP contribution in [0.1, 0.15) is 11.6 Å². The van der Waals surface area contributed by atoms with Crippen LogP contribution in [0.5, 0.6) is 0 Å². The molecule has 1 aromatic carbocycles. The minimum Gasteiger partial charge on any atom is -0.379 e. The molecule has 0 spiro atoms. The smallest absolute Gasteiger partial charge is 0.128 e. The van der Waals surface area contributed by atoms with Crippen molar-refractivity contribution in [1.29, 1.82) is 0 Å². The van der Waals surface area contributed by atoms with Crippen molar-refractivity contribution in [3.05, 3.63) is 35.4 Å². The second-order valence-corrected chi connectivity index (χ2v) is 4.18. The minimum atomic E-state index is -0.464. The summed E-state index contributed by atoms with van der Waals surface area (Å²) < 4.78 is 32.0. The normalized spacial score (nSPS) is 18.8. The van der Waals surface area contributed by atoms with Crippen LogP contribution >= 0.6 is 0 Å². The van der Waals surface area contributed by atoms with Gasteiger partial charge in [0.1, 0.15) is 11.6 Å². The highest BCUT2D eigenvalue weighted by atomic mass is 19.1. The number of nitrogens with two attached hydrogens (primary N) is 1. The summed E-state index contributed by atoms with van der Waals surface area (Å²) in [6.45, 7) is 2.84. The minimum absolute atomic E-state index is 0.192. The first-order valence-electron chi connectivity index (χ1n) is 5.94. The number of hydrogen-bond acceptors (Lipinski definition) is 4. The van der Waals surface area contributed by atoms with Gasteiger partial charge >= 0.3 is 0 Å². The highest BCUT2D eigenvalue weighted by molar-refractivity contribution is 5.22. The Morgan fingerprint density at radius 1 is 1.33 bits per heavy atom. The van der Waals surface area contributed by atoms with Crippen molar-refractivity contribution in [2.45, 2.75) is 6.04 Å². The van der Waals surface area contributed by atoms with E-state index in [9.17, 15) is 8.78 Å². The predicted molar refractivity (Wildman–Crippen MR) is 63.7 cm³/mol. The van der Waals surface area contributed by atoms with Crippen molar-refractivity contribution in [3.8, 4) is 0 Å². The van der Waals surface area contributed by atoms with Gasteiger partial charge in [-0.2, -0.15) is 0 Å². The molecule has 6 heteroatoms. The molecule has 0 saturated carbocycles. The van der Waals surface area contributed by atoms with Crippen LogP contribution in [0.25, 0.3) is 0 Å². The van der Waals surface area contributed by atoms with Gasteiger partial charge in [0.25, 0.3) is 0 Å². The number of benzene rings is 1. The number of nitrogens with one attached hydrogen (secondary N) is 1. The largest absolute Gasteiger partial charge is 0.379 e. The van der Waals surface area contributed by atoms with E-state index in [-0.39, 0.29) is 12.1 Å². The Kier molecular flexibility index (Phi) is 4.60. The first-order chi connectivity index (χ1) is 8.70. The molecular formula is C12H17F2N3O. The summed E-state index contributed by atoms with van der Waals surface area (Å²) in [5.74, 6) is -0.916. The quantitative estimate of drug-likeness (QED) is 0.838. The maximum atomic E-state index is 13.7. The summed E-state index contributed by atoms with van der Waals surface area (Å²) in [4.78, 5) is 0. The zero-order valence-electron chi connectivity index (χ0n) is 10.0. The van der Waals surface area contributed by atoms with Crippen molar-refractivity contribution in [3.63, 3.8) is 0 Å². The molecule has 1 unspecified atom stereocenters. The topological polar surface area (TPSA) is 50.5 Å². The van der Waals surface area contributed by atoms with E-state index in [4.69, 9.17) is 10.5 Å². The Balaban J connectivity index is 2.09. The van der Waals surface area contributed by atoms with Crippen molar-refractivity contribution in [1.82, 2.24) is 10.4 Å². The fraction of sp³-hybridized carbons (Fsp3) is 0.500. The summed E-state index contributed by atoms with van der Waals surface area (Å²) in [5.41, 5.74) is 9.00. The van der Waals surface area contributed by atoms with E-state index in [0.717, 1.165) is 12.1 Å². The second kappa shape index (κ2) is 6.19. The molecule has 1 atom stereocenters. The van der Waals surface area contributed by atoms with Crippen LogP contribution in [-0.2, 0) is 4.74 Å². The number of ether oxygens (including phenoxy) is 1. The average molecular weight is 257 g/mol. The maximum Gasteiger partial charge on any atom is 0.128 e. The van der Waals surface area contributed by atoms with Crippen molar-refractivity contribution in [2.75, 3.05) is 32.8 Å². The van der Waals surface area contributed by atoms with Crippen LogP contribution in [-0.4, -0.2) is 37.9 Å². The number of hydrogen-bond donors (Lipinski definition) is 2. The molecule has 1 aliphatic rings. The van der Waals surface area contributed by atoms with Crippen LogP contribution in [0.2, 0.25) is 0 Å². The van der Waals surface area contributed by atoms with E-state index in [1.165, 1.54) is 6.07 Å². The zero-order valence-corrected chi connectivity index (χ0v) is 10.0. The molecule has 0 aromatic heterocycles. The molecule has 0 aliphatic carbocycles. The molecule has 0 radical (unpaired) electrons. The summed E-state index contributed by atoms with van der Waals surface area (Å²) >= 11 is 0. The number of morpholine rings is 1. The fourth-order valence-corrected chi connectivity index (χ4v) is 1.94. The van der Waals surface area contributed by atoms with Crippen LogP contribution in [0.4, 0.5) is 8.78 Å². The third kappa shape index (κ3) is 3.23. The molecule has 1 aromatic rings. The van der Waals surface area contributed by atoms with E-state index in [2.05, 4.69) is 5.43 Å². The lowest BCUT2D eigenvalue weighted by molar-refractivity contribution is 0.00376. The summed E-state index contributed by atoms with van der Waals surface area (Å²) in [6, 6.07) is 2.97. The predicted octanol–water partition coefficient (Wildman–Crippen LogP) is 0.801. The number of halogens is 2. The Hall–Kier alpha value is -1.08. The lowest BCUT2D eigenvalue weighted by Gasteiger charge is -2.31. The van der Waals surface area contributed by atoms with Gasteiger partial charge in [0.2, 0.25) is 0 Å². The molecule has 0 amide bonds. The van der Waals surface area contributed by atoms with Gasteiger partial charge in [0.15, 0.2) is 0 Å². The lowest BCUT2D eigenvalue weighted by atomic mass is 10.1. The van der Waals surface area contributed by atoms with Crippen molar-refractivity contribution in [2.24, 2.45) is 5.73 Å². The van der Waals surface area contributed by atoms with Gasteiger partial charge in [0, 0.05) is 25.2 Å². The molecule has 1 aliphatic heterocycles. The first-order valence-corrected chi connectivity index (χ1v) is 5.94. The first kappa shape index (κ1) is 13.4. The van der Waals surface area contributed by atoms with Crippen molar-refractivity contribution >= 4 is 0 Å². The SMILES string of the molecule is NCC(NN1CCOCC1)c1cc(F)ccc1F. The summed E-state index contributed by atoms with van der Waals surface area (Å²) in [5, 5.41) is 1.92. The highest BCUT2D eigenvalue weighted by Crippen LogP contribution is 2.18. The molecule has 4 nitrogen and oxygen atoms in total. The summed E-state index contributed by atoms with van der Waals surface area (Å²) in [6.07, 6.45) is 0. The molecule has 1 heterocycles. The molecule has 18 heavy (non-hydrogen) atoms. The third-order valence-electron chi connectivity index (χ3n) is 2.92. The van der Waals surface area contributed by atoms with Gasteiger partial charge in [-0.1, -0.05) is 0 Å². The van der Waals surface area contributed by atoms with E-state index in [0.29, 0.717) is 26.3 Å². The molecule has 2 rings (SSSR count). The van der Waals surface area contributed by atoms with Gasteiger partial charge in [0.05, 0.1) is 19.3 Å². The van der Waals surface area contributed by atoms with E-state index in [1.807, 2.05) is 5.01 Å². The molecule has 3 N–H and O–H groups in total. The van der Waals surface area contributed by atoms with Gasteiger partial charge in [-0.3, -0.25) is 0 Å². The summed E-state index contributed by atoms with van der Waals surface area (Å²) in [7, 11) is 0. The van der Waals surface area contributed by atoms with E-state index in [1.54, 1.807) is 0 Å². The molecule has 1 saturated heterocycles. The van der Waals surface area contributed by atoms with E-state index >= 15 is 0 Å². The molecule has 1 fully saturated rings. The molecule has 0 bridgehead atoms. The lowest BCUT2D eigenvalue weighted by Crippen LogP contribution is -2.48. The molecular weight excluding hydrogens is 240 g/mol. The Bertz CT molecular complexity index is 397. The standard InChI is InChI=1S/C12H17F2N3O/c13-9-1-2-11(14)10(7-9)12(8-15)16-17-3-5-18-6-4-17/h1-2,7,12,16H,3-6,8,15H2. The number of nitrogens with zero attached hydrogens (tertiary/aromatic N) is 1. The number of rotatable bonds is 4. The second-order valence-electron chi connectivity index (χ2n) is 4.18. The average Bonchev–Trinajstić information content (AvgIpc) is 2.40. The molecule has 100 valence electrons. The Morgan fingerprint density at radius 2 is 2.06 bits per heavy atom. The van der Waals surface area contributed by atoms with Gasteiger partial charge in [-0.25, -0.2) is 19.2 Å². The van der Waals surface area contributed by atoms with Gasteiger partial charge < -0.3 is 10.5 Å². The van der Waals surface area contributed by atoms with Crippen LogP contribution < -0.4 is 11.2 Å². The third-order valence-corrected chi connectivity index (χ3v) is 2.92. The van der Waals surface area contributed by atoms with Crippen molar-refractivity contribution < 1.29 is 13.5 Å².